The van der Waals surface area contributed by atoms with Gasteiger partial charge in [0.25, 0.3) is 17.7 Å². The molecule has 2 heterocycles. The number of nitrogens with one attached hydrogen (secondary N) is 3. The summed E-state index contributed by atoms with van der Waals surface area (Å²) in [5.41, 5.74) is 3.45. The Morgan fingerprint density at radius 3 is 2.36 bits per heavy atom. The van der Waals surface area contributed by atoms with Crippen LogP contribution in [0.5, 0.6) is 0 Å². The zero-order valence-electron chi connectivity index (χ0n) is 15.2. The maximum Gasteiger partial charge on any atom is 0.275 e. The van der Waals surface area contributed by atoms with Gasteiger partial charge in [0.2, 0.25) is 0 Å². The summed E-state index contributed by atoms with van der Waals surface area (Å²) >= 11 is 1.06. The van der Waals surface area contributed by atoms with Gasteiger partial charge in [-0.3, -0.25) is 19.8 Å². The summed E-state index contributed by atoms with van der Waals surface area (Å²) in [7, 11) is 0. The van der Waals surface area contributed by atoms with Gasteiger partial charge in [-0.05, 0) is 42.7 Å². The second-order valence-electron chi connectivity index (χ2n) is 6.36. The van der Waals surface area contributed by atoms with Crippen LogP contribution in [0.3, 0.4) is 0 Å². The van der Waals surface area contributed by atoms with Crippen LogP contribution >= 0.6 is 11.3 Å². The van der Waals surface area contributed by atoms with Crippen LogP contribution in [0.15, 0.2) is 36.4 Å². The number of hydrogen-bond donors (Lipinski definition) is 4. The Morgan fingerprint density at radius 1 is 1.00 bits per heavy atom. The number of hydrogen-bond acceptors (Lipinski definition) is 6. The van der Waals surface area contributed by atoms with E-state index in [4.69, 9.17) is 10.6 Å². The molecule has 1 aliphatic rings. The maximum atomic E-state index is 12.2. The lowest BCUT2D eigenvalue weighted by Crippen LogP contribution is -2.31. The normalized spacial score (nSPS) is 15.8. The molecule has 0 saturated carbocycles. The molecule has 9 heteroatoms. The quantitative estimate of drug-likeness (QED) is 0.315. The van der Waals surface area contributed by atoms with E-state index in [9.17, 15) is 14.4 Å². The number of ether oxygens (including phenoxy) is 1. The number of rotatable bonds is 7. The first-order valence-electron chi connectivity index (χ1n) is 8.94. The highest BCUT2D eigenvalue weighted by Crippen LogP contribution is 2.16. The topological polar surface area (TPSA) is 123 Å². The van der Waals surface area contributed by atoms with Gasteiger partial charge in [0.15, 0.2) is 0 Å². The van der Waals surface area contributed by atoms with Gasteiger partial charge in [-0.15, -0.1) is 11.3 Å². The monoisotopic (exact) mass is 402 g/mol. The molecule has 3 rings (SSSR count). The Morgan fingerprint density at radius 2 is 1.71 bits per heavy atom. The van der Waals surface area contributed by atoms with E-state index in [1.165, 1.54) is 0 Å². The molecule has 1 saturated heterocycles. The van der Waals surface area contributed by atoms with Gasteiger partial charge < -0.3 is 15.4 Å². The molecule has 0 radical (unpaired) electrons. The van der Waals surface area contributed by atoms with Crippen molar-refractivity contribution in [3.63, 3.8) is 0 Å². The summed E-state index contributed by atoms with van der Waals surface area (Å²) in [6, 6.07) is 10.2. The molecule has 1 aromatic heterocycles. The van der Waals surface area contributed by atoms with Gasteiger partial charge in [-0.25, -0.2) is 5.84 Å². The van der Waals surface area contributed by atoms with Crippen LogP contribution in [0.25, 0.3) is 0 Å². The third-order valence-corrected chi connectivity index (χ3v) is 5.45. The van der Waals surface area contributed by atoms with Crippen molar-refractivity contribution in [1.82, 2.24) is 16.1 Å². The Balaban J connectivity index is 1.48. The molecule has 148 valence electrons. The summed E-state index contributed by atoms with van der Waals surface area (Å²) in [5.74, 6) is 4.23. The van der Waals surface area contributed by atoms with Crippen molar-refractivity contribution in [2.45, 2.75) is 25.5 Å². The van der Waals surface area contributed by atoms with Crippen LogP contribution in [-0.4, -0.2) is 37.0 Å². The predicted octanol–water partition coefficient (Wildman–Crippen LogP) is 1.19. The first-order chi connectivity index (χ1) is 13.6. The highest BCUT2D eigenvalue weighted by Gasteiger charge is 2.17. The average molecular weight is 402 g/mol. The zero-order chi connectivity index (χ0) is 19.9. The molecule has 1 fully saturated rings. The van der Waals surface area contributed by atoms with E-state index in [2.05, 4.69) is 10.6 Å². The van der Waals surface area contributed by atoms with Crippen molar-refractivity contribution >= 4 is 29.1 Å². The molecule has 0 aliphatic carbocycles. The summed E-state index contributed by atoms with van der Waals surface area (Å²) in [5, 5.41) is 5.66. The molecule has 1 unspecified atom stereocenters. The molecule has 28 heavy (non-hydrogen) atoms. The van der Waals surface area contributed by atoms with E-state index in [1.807, 2.05) is 5.43 Å². The third kappa shape index (κ3) is 5.16. The van der Waals surface area contributed by atoms with Crippen LogP contribution < -0.4 is 21.9 Å². The molecular formula is C19H22N4O4S. The fourth-order valence-corrected chi connectivity index (χ4v) is 3.64. The molecule has 0 spiro atoms. The number of nitrogen functional groups attached to an aromatic ring is 1. The first-order valence-corrected chi connectivity index (χ1v) is 9.76. The summed E-state index contributed by atoms with van der Waals surface area (Å²) < 4.78 is 5.49. The number of carbonyl (C=O) groups excluding carboxylic acids is 3. The summed E-state index contributed by atoms with van der Waals surface area (Å²) in [6.45, 7) is 1.59. The molecular weight excluding hydrogens is 380 g/mol. The van der Waals surface area contributed by atoms with Crippen molar-refractivity contribution in [3.05, 3.63) is 57.3 Å². The van der Waals surface area contributed by atoms with E-state index in [-0.39, 0.29) is 17.9 Å². The average Bonchev–Trinajstić information content (AvgIpc) is 3.42. The fourth-order valence-electron chi connectivity index (χ4n) is 2.81. The van der Waals surface area contributed by atoms with Crippen molar-refractivity contribution in [2.24, 2.45) is 5.84 Å². The van der Waals surface area contributed by atoms with Gasteiger partial charge in [0, 0.05) is 25.3 Å². The standard InChI is InChI=1S/C19H22N4O4S/c20-23-19(26)16-8-7-15(28-16)18(25)21-10-12-3-5-13(6-4-12)17(24)22-11-14-2-1-9-27-14/h3-8,14H,1-2,9-11,20H2,(H,21,25)(H,22,24)(H,23,26). The molecule has 5 N–H and O–H groups in total. The van der Waals surface area contributed by atoms with E-state index in [1.54, 1.807) is 36.4 Å². The Bertz CT molecular complexity index is 844. The minimum atomic E-state index is -0.433. The van der Waals surface area contributed by atoms with Crippen LogP contribution in [-0.2, 0) is 11.3 Å². The third-order valence-electron chi connectivity index (χ3n) is 4.37. The highest BCUT2D eigenvalue weighted by molar-refractivity contribution is 7.15. The lowest BCUT2D eigenvalue weighted by Gasteiger charge is -2.11. The molecule has 1 aliphatic heterocycles. The summed E-state index contributed by atoms with van der Waals surface area (Å²) in [4.78, 5) is 36.6. The predicted molar refractivity (Wildman–Crippen MR) is 105 cm³/mol. The minimum Gasteiger partial charge on any atom is -0.376 e. The number of benzene rings is 1. The van der Waals surface area contributed by atoms with E-state index in [0.717, 1.165) is 36.3 Å². The Hall–Kier alpha value is -2.75. The van der Waals surface area contributed by atoms with Crippen molar-refractivity contribution in [3.8, 4) is 0 Å². The largest absolute Gasteiger partial charge is 0.376 e. The van der Waals surface area contributed by atoms with Gasteiger partial charge in [0.1, 0.15) is 0 Å². The second-order valence-corrected chi connectivity index (χ2v) is 7.45. The Kier molecular flexibility index (Phi) is 6.75. The number of nitrogens with two attached hydrogens (primary N) is 1. The zero-order valence-corrected chi connectivity index (χ0v) is 16.0. The van der Waals surface area contributed by atoms with Gasteiger partial charge in [0.05, 0.1) is 15.9 Å². The number of hydrazine groups is 1. The molecule has 2 aromatic rings. The maximum absolute atomic E-state index is 12.2. The fraction of sp³-hybridized carbons (Fsp3) is 0.316. The van der Waals surface area contributed by atoms with Crippen LogP contribution in [0, 0.1) is 0 Å². The van der Waals surface area contributed by atoms with Crippen molar-refractivity contribution in [1.29, 1.82) is 0 Å². The van der Waals surface area contributed by atoms with E-state index < -0.39 is 5.91 Å². The molecule has 3 amide bonds. The SMILES string of the molecule is NNC(=O)c1ccc(C(=O)NCc2ccc(C(=O)NCC3CCCO3)cc2)s1. The second kappa shape index (κ2) is 9.45. The van der Waals surface area contributed by atoms with E-state index >= 15 is 0 Å². The molecule has 1 aromatic carbocycles. The van der Waals surface area contributed by atoms with Crippen molar-refractivity contribution < 1.29 is 19.1 Å². The van der Waals surface area contributed by atoms with Crippen LogP contribution in [0.2, 0.25) is 0 Å². The molecule has 0 bridgehead atoms. The minimum absolute atomic E-state index is 0.104. The first kappa shape index (κ1) is 20.0. The molecule has 1 atom stereocenters. The summed E-state index contributed by atoms with van der Waals surface area (Å²) in [6.07, 6.45) is 2.11. The van der Waals surface area contributed by atoms with Crippen molar-refractivity contribution in [2.75, 3.05) is 13.2 Å². The van der Waals surface area contributed by atoms with E-state index in [0.29, 0.717) is 28.4 Å². The number of carbonyl (C=O) groups is 3. The van der Waals surface area contributed by atoms with Crippen LogP contribution in [0.1, 0.15) is 48.1 Å². The lowest BCUT2D eigenvalue weighted by molar-refractivity contribution is 0.0857. The van der Waals surface area contributed by atoms with Gasteiger partial charge in [-0.2, -0.15) is 0 Å². The lowest BCUT2D eigenvalue weighted by atomic mass is 10.1. The Labute approximate surface area is 166 Å². The highest BCUT2D eigenvalue weighted by atomic mass is 32.1. The van der Waals surface area contributed by atoms with Crippen LogP contribution in [0.4, 0.5) is 0 Å². The number of thiophene rings is 1. The van der Waals surface area contributed by atoms with Gasteiger partial charge in [-0.1, -0.05) is 12.1 Å². The van der Waals surface area contributed by atoms with Gasteiger partial charge >= 0.3 is 0 Å². The molecule has 8 nitrogen and oxygen atoms in total. The number of amides is 3. The smallest absolute Gasteiger partial charge is 0.275 e.